The van der Waals surface area contributed by atoms with Crippen molar-refractivity contribution in [2.24, 2.45) is 0 Å². The Morgan fingerprint density at radius 1 is 1.13 bits per heavy atom. The van der Waals surface area contributed by atoms with Crippen LogP contribution in [-0.4, -0.2) is 45.3 Å². The Bertz CT molecular complexity index is 1640. The second-order valence-corrected chi connectivity index (χ2v) is 9.06. The Morgan fingerprint density at radius 2 is 1.87 bits per heavy atom. The number of benzene rings is 3. The summed E-state index contributed by atoms with van der Waals surface area (Å²) in [6, 6.07) is 19.5. The van der Waals surface area contributed by atoms with Crippen molar-refractivity contribution in [2.75, 3.05) is 13.7 Å². The molecule has 0 fully saturated rings. The number of aliphatic hydroxyl groups is 1. The first kappa shape index (κ1) is 25.5. The molecule has 0 spiro atoms. The number of nitro groups is 1. The Balaban J connectivity index is 1.52. The molecule has 2 heterocycles. The summed E-state index contributed by atoms with van der Waals surface area (Å²) in [5.41, 5.74) is 2.24. The number of nitro benzene ring substituents is 1. The van der Waals surface area contributed by atoms with Crippen molar-refractivity contribution in [3.8, 4) is 5.75 Å². The van der Waals surface area contributed by atoms with Gasteiger partial charge in [0.2, 0.25) is 0 Å². The van der Waals surface area contributed by atoms with Gasteiger partial charge in [0.15, 0.2) is 11.5 Å². The molecule has 39 heavy (non-hydrogen) atoms. The summed E-state index contributed by atoms with van der Waals surface area (Å²) >= 11 is 0. The van der Waals surface area contributed by atoms with Crippen molar-refractivity contribution in [3.63, 3.8) is 0 Å². The van der Waals surface area contributed by atoms with Gasteiger partial charge in [0, 0.05) is 29.7 Å². The average molecular weight is 524 g/mol. The van der Waals surface area contributed by atoms with Crippen molar-refractivity contribution in [3.05, 3.63) is 123 Å². The number of carbonyl (C=O) groups is 2. The van der Waals surface area contributed by atoms with Crippen LogP contribution in [0.1, 0.15) is 22.7 Å². The molecule has 3 aromatic carbocycles. The molecule has 1 aliphatic rings. The van der Waals surface area contributed by atoms with E-state index in [0.717, 1.165) is 22.0 Å². The van der Waals surface area contributed by atoms with Crippen molar-refractivity contribution >= 4 is 34.4 Å². The lowest BCUT2D eigenvalue weighted by Crippen LogP contribution is -2.33. The van der Waals surface area contributed by atoms with Gasteiger partial charge in [-0.05, 0) is 47.9 Å². The van der Waals surface area contributed by atoms with Crippen molar-refractivity contribution in [1.29, 1.82) is 0 Å². The third-order valence-electron chi connectivity index (χ3n) is 6.82. The summed E-state index contributed by atoms with van der Waals surface area (Å²) in [5, 5.41) is 23.7. The number of aliphatic hydroxyl groups excluding tert-OH is 1. The third kappa shape index (κ3) is 4.89. The summed E-state index contributed by atoms with van der Waals surface area (Å²) < 4.78 is 5.34. The highest BCUT2D eigenvalue weighted by Crippen LogP contribution is 2.41. The number of nitrogens with one attached hydrogen (secondary N) is 1. The molecular formula is C30H25N3O6. The van der Waals surface area contributed by atoms with E-state index in [-0.39, 0.29) is 23.4 Å². The molecule has 1 amide bonds. The van der Waals surface area contributed by atoms with Crippen LogP contribution in [0.2, 0.25) is 0 Å². The number of ketones is 1. The van der Waals surface area contributed by atoms with Crippen LogP contribution in [0.4, 0.5) is 5.69 Å². The minimum atomic E-state index is -1.13. The van der Waals surface area contributed by atoms with Gasteiger partial charge >= 0.3 is 0 Å². The van der Waals surface area contributed by atoms with E-state index in [1.165, 1.54) is 29.2 Å². The smallest absolute Gasteiger partial charge is 0.290 e. The lowest BCUT2D eigenvalue weighted by molar-refractivity contribution is -0.385. The summed E-state index contributed by atoms with van der Waals surface area (Å²) in [7, 11) is 1.58. The Morgan fingerprint density at radius 3 is 2.62 bits per heavy atom. The zero-order valence-electron chi connectivity index (χ0n) is 21.0. The quantitative estimate of drug-likeness (QED) is 0.174. The normalized spacial score (nSPS) is 15.5. The van der Waals surface area contributed by atoms with Crippen LogP contribution in [-0.2, 0) is 16.0 Å². The number of rotatable bonds is 9. The fraction of sp³-hybridized carbons (Fsp3) is 0.133. The maximum Gasteiger partial charge on any atom is 0.290 e. The molecule has 2 N–H and O–H groups in total. The maximum atomic E-state index is 13.4. The second-order valence-electron chi connectivity index (χ2n) is 9.06. The van der Waals surface area contributed by atoms with Crippen molar-refractivity contribution in [1.82, 2.24) is 9.88 Å². The number of ether oxygens (including phenoxy) is 1. The largest absolute Gasteiger partial charge is 0.503 e. The molecule has 0 bridgehead atoms. The summed E-state index contributed by atoms with van der Waals surface area (Å²) in [5.74, 6) is -1.39. The lowest BCUT2D eigenvalue weighted by Gasteiger charge is -2.26. The Kier molecular flexibility index (Phi) is 6.96. The molecule has 1 aromatic heterocycles. The van der Waals surface area contributed by atoms with E-state index < -0.39 is 28.4 Å². The van der Waals surface area contributed by atoms with Crippen LogP contribution in [0.3, 0.4) is 0 Å². The van der Waals surface area contributed by atoms with E-state index in [9.17, 15) is 24.8 Å². The summed E-state index contributed by atoms with van der Waals surface area (Å²) in [4.78, 5) is 42.6. The highest BCUT2D eigenvalue weighted by molar-refractivity contribution is 6.14. The van der Waals surface area contributed by atoms with E-state index in [1.807, 2.05) is 42.6 Å². The molecule has 5 rings (SSSR count). The number of para-hydroxylation sites is 1. The van der Waals surface area contributed by atoms with Crippen LogP contribution in [0.5, 0.6) is 5.75 Å². The van der Waals surface area contributed by atoms with Gasteiger partial charge in [-0.2, -0.15) is 0 Å². The van der Waals surface area contributed by atoms with Crippen molar-refractivity contribution < 1.29 is 24.4 Å². The number of H-pyrrole nitrogens is 1. The van der Waals surface area contributed by atoms with E-state index in [1.54, 1.807) is 31.4 Å². The Hall–Kier alpha value is -5.18. The third-order valence-corrected chi connectivity index (χ3v) is 6.82. The maximum absolute atomic E-state index is 13.4. The van der Waals surface area contributed by atoms with Crippen LogP contribution in [0.15, 0.2) is 96.4 Å². The molecule has 0 saturated heterocycles. The fourth-order valence-corrected chi connectivity index (χ4v) is 4.90. The van der Waals surface area contributed by atoms with Gasteiger partial charge in [-0.15, -0.1) is 0 Å². The number of hydrogen-bond acceptors (Lipinski definition) is 6. The molecule has 1 atom stereocenters. The van der Waals surface area contributed by atoms with Gasteiger partial charge < -0.3 is 19.7 Å². The number of methoxy groups -OCH3 is 1. The molecule has 0 aliphatic carbocycles. The molecule has 4 aromatic rings. The highest BCUT2D eigenvalue weighted by Gasteiger charge is 2.45. The monoisotopic (exact) mass is 523 g/mol. The number of nitrogens with zero attached hydrogens (tertiary/aromatic N) is 2. The fourth-order valence-electron chi connectivity index (χ4n) is 4.90. The first-order chi connectivity index (χ1) is 18.9. The molecule has 0 radical (unpaired) electrons. The number of hydrogen-bond donors (Lipinski definition) is 2. The molecule has 9 nitrogen and oxygen atoms in total. The summed E-state index contributed by atoms with van der Waals surface area (Å²) in [6.45, 7) is 0.100. The van der Waals surface area contributed by atoms with Crippen molar-refractivity contribution in [2.45, 2.75) is 12.5 Å². The molecular weight excluding hydrogens is 498 g/mol. The number of allylic oxidation sites excluding steroid dienone is 1. The van der Waals surface area contributed by atoms with Gasteiger partial charge in [0.25, 0.3) is 11.6 Å². The second kappa shape index (κ2) is 10.7. The predicted octanol–water partition coefficient (Wildman–Crippen LogP) is 5.31. The van der Waals surface area contributed by atoms with Gasteiger partial charge in [-0.3, -0.25) is 19.7 Å². The molecule has 196 valence electrons. The first-order valence-corrected chi connectivity index (χ1v) is 12.3. The molecule has 0 saturated carbocycles. The number of fused-ring (bicyclic) bond motifs is 1. The zero-order valence-corrected chi connectivity index (χ0v) is 21.0. The molecule has 9 heteroatoms. The number of amides is 1. The number of carbonyl (C=O) groups excluding carboxylic acids is 2. The average Bonchev–Trinajstić information content (AvgIpc) is 3.48. The number of aromatic nitrogens is 1. The topological polar surface area (TPSA) is 126 Å². The van der Waals surface area contributed by atoms with Crippen LogP contribution in [0, 0.1) is 10.1 Å². The minimum absolute atomic E-state index is 0.100. The van der Waals surface area contributed by atoms with Crippen LogP contribution in [0.25, 0.3) is 17.0 Å². The highest BCUT2D eigenvalue weighted by atomic mass is 16.6. The molecule has 1 aliphatic heterocycles. The van der Waals surface area contributed by atoms with E-state index >= 15 is 0 Å². The van der Waals surface area contributed by atoms with Gasteiger partial charge in [0.1, 0.15) is 5.75 Å². The van der Waals surface area contributed by atoms with E-state index in [2.05, 4.69) is 4.98 Å². The minimum Gasteiger partial charge on any atom is -0.503 e. The lowest BCUT2D eigenvalue weighted by atomic mass is 9.94. The zero-order chi connectivity index (χ0) is 27.5. The SMILES string of the molecule is COc1ccc2[nH]cc(CCN3C(=O)C(O)=C(C(=O)/C=C/c4ccccc4)C3c3ccccc3[N+](=O)[O-])c2c1. The van der Waals surface area contributed by atoms with Crippen LogP contribution < -0.4 is 4.74 Å². The van der Waals surface area contributed by atoms with E-state index in [0.29, 0.717) is 12.2 Å². The van der Waals surface area contributed by atoms with Gasteiger partial charge in [0.05, 0.1) is 29.2 Å². The predicted molar refractivity (Wildman–Crippen MR) is 146 cm³/mol. The standard InChI is InChI=1S/C30H25N3O6/c1-39-21-12-13-24-23(17-21)20(18-31-24)15-16-32-28(22-9-5-6-10-25(22)33(37)38)27(29(35)30(32)36)26(34)14-11-19-7-3-2-4-8-19/h2-14,17-18,28,31,35H,15-16H2,1H3/b14-11+. The van der Waals surface area contributed by atoms with Gasteiger partial charge in [-0.1, -0.05) is 48.5 Å². The number of aromatic amines is 1. The molecule has 1 unspecified atom stereocenters. The van der Waals surface area contributed by atoms with E-state index in [4.69, 9.17) is 4.74 Å². The van der Waals surface area contributed by atoms with Crippen LogP contribution >= 0.6 is 0 Å². The Labute approximate surface area is 223 Å². The summed E-state index contributed by atoms with van der Waals surface area (Å²) in [6.07, 6.45) is 5.04. The van der Waals surface area contributed by atoms with Gasteiger partial charge in [-0.25, -0.2) is 0 Å². The first-order valence-electron chi connectivity index (χ1n) is 12.3.